The summed E-state index contributed by atoms with van der Waals surface area (Å²) in [4.78, 5) is 10.5. The van der Waals surface area contributed by atoms with E-state index in [2.05, 4.69) is 0 Å². The van der Waals surface area contributed by atoms with Crippen LogP contribution in [0.5, 0.6) is 0 Å². The van der Waals surface area contributed by atoms with Crippen molar-refractivity contribution in [1.82, 2.24) is 0 Å². The number of rotatable bonds is 3. The molecule has 3 nitrogen and oxygen atoms in total. The number of aliphatic hydroxyl groups is 1. The first-order chi connectivity index (χ1) is 5.63. The van der Waals surface area contributed by atoms with E-state index in [1.807, 2.05) is 0 Å². The zero-order chi connectivity index (χ0) is 9.14. The van der Waals surface area contributed by atoms with Gasteiger partial charge in [0, 0.05) is 0 Å². The summed E-state index contributed by atoms with van der Waals surface area (Å²) in [6.07, 6.45) is 3.42. The molecule has 0 saturated heterocycles. The first-order valence-electron chi connectivity index (χ1n) is 4.29. The Bertz CT molecular complexity index is 166. The second-order valence-corrected chi connectivity index (χ2v) is 5.02. The van der Waals surface area contributed by atoms with Crippen LogP contribution < -0.4 is 0 Å². The molecule has 1 unspecified atom stereocenters. The van der Waals surface area contributed by atoms with E-state index in [-0.39, 0.29) is 4.71 Å². The van der Waals surface area contributed by atoms with Gasteiger partial charge in [-0.1, -0.05) is 0 Å². The first-order valence-corrected chi connectivity index (χ1v) is 5.69. The fourth-order valence-electron chi connectivity index (χ4n) is 1.76. The molecular weight excluding hydrogens is 219 g/mol. The zero-order valence-corrected chi connectivity index (χ0v) is 9.36. The molecule has 2 N–H and O–H groups in total. The minimum absolute atomic E-state index is 0.0301. The Hall–Kier alpha value is -0.0116. The molecule has 70 valence electrons. The van der Waals surface area contributed by atoms with Crippen molar-refractivity contribution in [2.24, 2.45) is 5.92 Å². The average molecular weight is 234 g/mol. The fourth-order valence-corrected chi connectivity index (χ4v) is 2.92. The standard InChI is InChI=1S/C8H15AsO3/c9-6(7(10)8(11)12)5-3-1-2-4-5/h5-7,10H,1-4,9H2,(H,11,12)/t6-,7-/m1/s1. The van der Waals surface area contributed by atoms with Gasteiger partial charge in [-0.2, -0.15) is 0 Å². The molecule has 0 radical (unpaired) electrons. The second kappa shape index (κ2) is 4.29. The van der Waals surface area contributed by atoms with Gasteiger partial charge >= 0.3 is 80.2 Å². The monoisotopic (exact) mass is 234 g/mol. The molecule has 1 aliphatic rings. The number of carboxylic acid groups (broad SMARTS) is 1. The molecule has 0 aliphatic heterocycles. The Morgan fingerprint density at radius 1 is 1.42 bits per heavy atom. The number of aliphatic carboxylic acids is 1. The van der Waals surface area contributed by atoms with Gasteiger partial charge in [-0.25, -0.2) is 0 Å². The minimum atomic E-state index is -1.15. The van der Waals surface area contributed by atoms with Crippen molar-refractivity contribution in [2.45, 2.75) is 36.5 Å². The van der Waals surface area contributed by atoms with Gasteiger partial charge in [0.1, 0.15) is 0 Å². The van der Waals surface area contributed by atoms with Crippen LogP contribution in [0.25, 0.3) is 0 Å². The Labute approximate surface area is 80.7 Å². The number of hydrogen-bond donors (Lipinski definition) is 2. The van der Waals surface area contributed by atoms with Crippen LogP contribution in [0.15, 0.2) is 0 Å². The Morgan fingerprint density at radius 2 is 1.92 bits per heavy atom. The number of carbonyl (C=O) groups is 1. The van der Waals surface area contributed by atoms with Crippen LogP contribution in [0, 0.1) is 5.92 Å². The quantitative estimate of drug-likeness (QED) is 0.678. The van der Waals surface area contributed by atoms with Crippen molar-refractivity contribution in [2.75, 3.05) is 0 Å². The summed E-state index contributed by atoms with van der Waals surface area (Å²) >= 11 is 1.36. The molecule has 1 fully saturated rings. The molecule has 0 aromatic rings. The van der Waals surface area contributed by atoms with Crippen LogP contribution in [-0.2, 0) is 4.79 Å². The van der Waals surface area contributed by atoms with Gasteiger partial charge in [0.05, 0.1) is 0 Å². The molecule has 4 heteroatoms. The molecular formula is C8H15AsO3. The van der Waals surface area contributed by atoms with Crippen LogP contribution in [0.3, 0.4) is 0 Å². The van der Waals surface area contributed by atoms with E-state index in [1.54, 1.807) is 0 Å². The average Bonchev–Trinajstić information content (AvgIpc) is 2.53. The van der Waals surface area contributed by atoms with Gasteiger partial charge in [0.2, 0.25) is 0 Å². The molecule has 0 spiro atoms. The van der Waals surface area contributed by atoms with E-state index < -0.39 is 12.1 Å². The molecule has 0 heterocycles. The SMILES string of the molecule is O=C(O)[C@H](O)[C@H]([AsH2])C1CCCC1. The van der Waals surface area contributed by atoms with Crippen molar-refractivity contribution >= 4 is 22.8 Å². The second-order valence-electron chi connectivity index (χ2n) is 3.40. The predicted octanol–water partition coefficient (Wildman–Crippen LogP) is 0.0437. The van der Waals surface area contributed by atoms with Crippen molar-refractivity contribution in [3.63, 3.8) is 0 Å². The van der Waals surface area contributed by atoms with Crippen molar-refractivity contribution in [3.05, 3.63) is 0 Å². The van der Waals surface area contributed by atoms with Crippen molar-refractivity contribution < 1.29 is 15.0 Å². The summed E-state index contributed by atoms with van der Waals surface area (Å²) in [5.74, 6) is -0.632. The van der Waals surface area contributed by atoms with Gasteiger partial charge in [-0.05, 0) is 0 Å². The van der Waals surface area contributed by atoms with E-state index in [0.29, 0.717) is 5.92 Å². The van der Waals surface area contributed by atoms with Crippen LogP contribution in [0.1, 0.15) is 25.7 Å². The summed E-state index contributed by atoms with van der Waals surface area (Å²) in [6.45, 7) is 0. The normalized spacial score (nSPS) is 23.8. The Morgan fingerprint density at radius 3 is 2.33 bits per heavy atom. The van der Waals surface area contributed by atoms with Crippen molar-refractivity contribution in [3.8, 4) is 0 Å². The number of hydrogen-bond acceptors (Lipinski definition) is 2. The molecule has 0 bridgehead atoms. The number of carboxylic acids is 1. The molecule has 1 saturated carbocycles. The van der Waals surface area contributed by atoms with Gasteiger partial charge < -0.3 is 0 Å². The maximum atomic E-state index is 10.5. The summed E-state index contributed by atoms with van der Waals surface area (Å²) < 4.78 is -0.0301. The van der Waals surface area contributed by atoms with Gasteiger partial charge in [0.25, 0.3) is 0 Å². The third-order valence-electron chi connectivity index (χ3n) is 2.56. The summed E-state index contributed by atoms with van der Waals surface area (Å²) in [5.41, 5.74) is 0. The van der Waals surface area contributed by atoms with Crippen LogP contribution in [0.2, 0.25) is 4.71 Å². The fraction of sp³-hybridized carbons (Fsp3) is 0.875. The van der Waals surface area contributed by atoms with Crippen LogP contribution in [0.4, 0.5) is 0 Å². The van der Waals surface area contributed by atoms with Gasteiger partial charge in [0.15, 0.2) is 0 Å². The Balaban J connectivity index is 2.44. The topological polar surface area (TPSA) is 57.5 Å². The molecule has 1 aliphatic carbocycles. The van der Waals surface area contributed by atoms with Gasteiger partial charge in [-0.15, -0.1) is 0 Å². The predicted molar refractivity (Wildman–Crippen MR) is 47.9 cm³/mol. The van der Waals surface area contributed by atoms with Crippen LogP contribution >= 0.6 is 0 Å². The van der Waals surface area contributed by atoms with E-state index in [1.165, 1.54) is 29.7 Å². The molecule has 0 amide bonds. The Kier molecular flexibility index (Phi) is 3.60. The third kappa shape index (κ3) is 2.24. The maximum absolute atomic E-state index is 10.5. The summed E-state index contributed by atoms with van der Waals surface area (Å²) in [5, 5.41) is 17.8. The van der Waals surface area contributed by atoms with Gasteiger partial charge in [-0.3, -0.25) is 0 Å². The van der Waals surface area contributed by atoms with E-state index in [0.717, 1.165) is 12.8 Å². The first kappa shape index (κ1) is 10.1. The summed E-state index contributed by atoms with van der Waals surface area (Å²) in [7, 11) is 0. The zero-order valence-electron chi connectivity index (χ0n) is 6.94. The molecule has 0 aromatic heterocycles. The molecule has 12 heavy (non-hydrogen) atoms. The number of aliphatic hydroxyl groups excluding tert-OH is 1. The summed E-state index contributed by atoms with van der Waals surface area (Å²) in [6, 6.07) is 0. The molecule has 1 rings (SSSR count). The van der Waals surface area contributed by atoms with E-state index in [9.17, 15) is 9.90 Å². The van der Waals surface area contributed by atoms with Crippen molar-refractivity contribution in [1.29, 1.82) is 0 Å². The van der Waals surface area contributed by atoms with E-state index in [4.69, 9.17) is 5.11 Å². The molecule has 3 atom stereocenters. The van der Waals surface area contributed by atoms with E-state index >= 15 is 0 Å². The van der Waals surface area contributed by atoms with Crippen LogP contribution in [-0.4, -0.2) is 39.1 Å². The molecule has 0 aromatic carbocycles. The third-order valence-corrected chi connectivity index (χ3v) is 4.47.